The maximum atomic E-state index is 13.1. The topological polar surface area (TPSA) is 41.1 Å². The lowest BCUT2D eigenvalue weighted by atomic mass is 10.2. The molecule has 0 aliphatic carbocycles. The van der Waals surface area contributed by atoms with E-state index < -0.39 is 34.4 Å². The summed E-state index contributed by atoms with van der Waals surface area (Å²) in [5.74, 6) is -2.46. The van der Waals surface area contributed by atoms with Gasteiger partial charge in [-0.3, -0.25) is 0 Å². The Kier molecular flexibility index (Phi) is 5.19. The van der Waals surface area contributed by atoms with E-state index >= 15 is 0 Å². The number of urea groups is 1. The smallest absolute Gasteiger partial charge is 0.308 e. The molecule has 2 N–H and O–H groups in total. The molecule has 0 aromatic heterocycles. The Bertz CT molecular complexity index is 795. The average molecular weight is 385 g/mol. The Labute approximate surface area is 142 Å². The van der Waals surface area contributed by atoms with Gasteiger partial charge >= 0.3 is 12.2 Å². The molecule has 0 saturated carbocycles. The number of carbonyl (C=O) groups excluding carboxylic acids is 1. The van der Waals surface area contributed by atoms with Gasteiger partial charge in [0.1, 0.15) is 0 Å². The highest BCUT2D eigenvalue weighted by molar-refractivity contribution is 6.33. The minimum atomic E-state index is -4.70. The van der Waals surface area contributed by atoms with Crippen LogP contribution in [-0.4, -0.2) is 6.03 Å². The highest BCUT2D eigenvalue weighted by Crippen LogP contribution is 2.36. The summed E-state index contributed by atoms with van der Waals surface area (Å²) in [6.45, 7) is 0. The van der Waals surface area contributed by atoms with Crippen LogP contribution in [0.15, 0.2) is 30.3 Å². The van der Waals surface area contributed by atoms with Gasteiger partial charge in [0.2, 0.25) is 0 Å². The molecule has 0 aliphatic heterocycles. The van der Waals surface area contributed by atoms with Gasteiger partial charge in [-0.25, -0.2) is 13.6 Å². The van der Waals surface area contributed by atoms with E-state index in [9.17, 15) is 26.7 Å². The van der Waals surface area contributed by atoms with Gasteiger partial charge in [-0.1, -0.05) is 23.2 Å². The first-order valence-electron chi connectivity index (χ1n) is 6.17. The summed E-state index contributed by atoms with van der Waals surface area (Å²) >= 11 is 11.1. The SMILES string of the molecule is O=C(Nc1ccc(Cl)c(C(F)(F)F)c1)Nc1cc(F)c(F)cc1Cl. The average Bonchev–Trinajstić information content (AvgIpc) is 2.45. The maximum absolute atomic E-state index is 13.1. The summed E-state index contributed by atoms with van der Waals surface area (Å²) in [5, 5.41) is 3.39. The molecule has 0 atom stereocenters. The molecule has 0 radical (unpaired) electrons. The molecule has 0 saturated heterocycles. The standard InChI is InChI=1S/C14H7Cl2F5N2O/c15-8-2-1-6(3-7(8)14(19,20)21)22-13(24)23-12-5-11(18)10(17)4-9(12)16/h1-5H,(H2,22,23,24). The van der Waals surface area contributed by atoms with Crippen molar-refractivity contribution in [3.8, 4) is 0 Å². The highest BCUT2D eigenvalue weighted by Gasteiger charge is 2.33. The molecule has 10 heteroatoms. The zero-order chi connectivity index (χ0) is 18.1. The number of rotatable bonds is 2. The van der Waals surface area contributed by atoms with E-state index in [1.54, 1.807) is 0 Å². The molecule has 2 rings (SSSR count). The fraction of sp³-hybridized carbons (Fsp3) is 0.0714. The van der Waals surface area contributed by atoms with Crippen LogP contribution in [0.3, 0.4) is 0 Å². The van der Waals surface area contributed by atoms with E-state index in [2.05, 4.69) is 10.6 Å². The molecule has 0 heterocycles. The van der Waals surface area contributed by atoms with E-state index in [4.69, 9.17) is 23.2 Å². The van der Waals surface area contributed by atoms with Gasteiger partial charge in [0, 0.05) is 11.8 Å². The third kappa shape index (κ3) is 4.27. The van der Waals surface area contributed by atoms with Crippen molar-refractivity contribution in [3.63, 3.8) is 0 Å². The second-order valence-corrected chi connectivity index (χ2v) is 5.33. The minimum absolute atomic E-state index is 0.206. The first-order valence-corrected chi connectivity index (χ1v) is 6.93. The first kappa shape index (κ1) is 18.3. The maximum Gasteiger partial charge on any atom is 0.417 e. The van der Waals surface area contributed by atoms with Crippen LogP contribution in [0.2, 0.25) is 10.0 Å². The number of carbonyl (C=O) groups is 1. The molecule has 0 aliphatic rings. The second-order valence-electron chi connectivity index (χ2n) is 4.52. The third-order valence-corrected chi connectivity index (χ3v) is 3.43. The molecule has 0 unspecified atom stereocenters. The van der Waals surface area contributed by atoms with E-state index in [1.807, 2.05) is 0 Å². The molecule has 0 fully saturated rings. The summed E-state index contributed by atoms with van der Waals surface area (Å²) in [5.41, 5.74) is -1.59. The zero-order valence-electron chi connectivity index (χ0n) is 11.4. The molecule has 2 amide bonds. The van der Waals surface area contributed by atoms with Gasteiger partial charge in [0.05, 0.1) is 21.3 Å². The number of halogens is 7. The summed E-state index contributed by atoms with van der Waals surface area (Å²) < 4.78 is 64.3. The fourth-order valence-corrected chi connectivity index (χ4v) is 2.15. The van der Waals surface area contributed by atoms with Crippen LogP contribution in [0.1, 0.15) is 5.56 Å². The Morgan fingerprint density at radius 2 is 1.54 bits per heavy atom. The van der Waals surface area contributed by atoms with Crippen LogP contribution in [0.4, 0.5) is 38.1 Å². The number of amides is 2. The summed E-state index contributed by atoms with van der Waals surface area (Å²) in [6.07, 6.45) is -4.70. The van der Waals surface area contributed by atoms with Gasteiger partial charge < -0.3 is 10.6 Å². The van der Waals surface area contributed by atoms with Crippen molar-refractivity contribution in [3.05, 3.63) is 57.6 Å². The Hall–Kier alpha value is -2.06. The Balaban J connectivity index is 2.18. The lowest BCUT2D eigenvalue weighted by molar-refractivity contribution is -0.137. The van der Waals surface area contributed by atoms with Crippen LogP contribution in [0.5, 0.6) is 0 Å². The normalized spacial score (nSPS) is 11.3. The van der Waals surface area contributed by atoms with Gasteiger partial charge in [-0.2, -0.15) is 13.2 Å². The van der Waals surface area contributed by atoms with E-state index in [-0.39, 0.29) is 16.4 Å². The number of hydrogen-bond acceptors (Lipinski definition) is 1. The molecule has 2 aromatic rings. The lowest BCUT2D eigenvalue weighted by Gasteiger charge is -2.13. The van der Waals surface area contributed by atoms with Crippen molar-refractivity contribution in [2.75, 3.05) is 10.6 Å². The van der Waals surface area contributed by atoms with E-state index in [1.165, 1.54) is 0 Å². The Morgan fingerprint density at radius 1 is 0.917 bits per heavy atom. The van der Waals surface area contributed by atoms with E-state index in [0.717, 1.165) is 12.1 Å². The molecule has 24 heavy (non-hydrogen) atoms. The predicted octanol–water partition coefficient (Wildman–Crippen LogP) is 5.93. The van der Waals surface area contributed by atoms with Crippen LogP contribution >= 0.6 is 23.2 Å². The Morgan fingerprint density at radius 3 is 2.17 bits per heavy atom. The van der Waals surface area contributed by atoms with Crippen molar-refractivity contribution >= 4 is 40.6 Å². The van der Waals surface area contributed by atoms with Crippen molar-refractivity contribution < 1.29 is 26.7 Å². The van der Waals surface area contributed by atoms with Crippen molar-refractivity contribution in [1.82, 2.24) is 0 Å². The number of benzene rings is 2. The van der Waals surface area contributed by atoms with Gasteiger partial charge in [0.25, 0.3) is 0 Å². The van der Waals surface area contributed by atoms with Crippen LogP contribution in [-0.2, 0) is 6.18 Å². The number of alkyl halides is 3. The van der Waals surface area contributed by atoms with E-state index in [0.29, 0.717) is 18.2 Å². The predicted molar refractivity (Wildman–Crippen MR) is 80.5 cm³/mol. The molecule has 128 valence electrons. The lowest BCUT2D eigenvalue weighted by Crippen LogP contribution is -2.20. The van der Waals surface area contributed by atoms with Crippen molar-refractivity contribution in [2.24, 2.45) is 0 Å². The molecule has 2 aromatic carbocycles. The van der Waals surface area contributed by atoms with Gasteiger partial charge in [0.15, 0.2) is 11.6 Å². The van der Waals surface area contributed by atoms with Gasteiger partial charge in [-0.15, -0.1) is 0 Å². The molecule has 0 spiro atoms. The summed E-state index contributed by atoms with van der Waals surface area (Å²) in [7, 11) is 0. The second kappa shape index (κ2) is 6.82. The monoisotopic (exact) mass is 384 g/mol. The number of hydrogen-bond donors (Lipinski definition) is 2. The molecular formula is C14H7Cl2F5N2O. The third-order valence-electron chi connectivity index (χ3n) is 2.79. The fourth-order valence-electron chi connectivity index (χ4n) is 1.72. The molecular weight excluding hydrogens is 378 g/mol. The highest BCUT2D eigenvalue weighted by atomic mass is 35.5. The van der Waals surface area contributed by atoms with Crippen LogP contribution in [0, 0.1) is 11.6 Å². The van der Waals surface area contributed by atoms with Crippen LogP contribution < -0.4 is 10.6 Å². The first-order chi connectivity index (χ1) is 11.1. The van der Waals surface area contributed by atoms with Gasteiger partial charge in [-0.05, 0) is 24.3 Å². The quantitative estimate of drug-likeness (QED) is 0.488. The van der Waals surface area contributed by atoms with Crippen LogP contribution in [0.25, 0.3) is 0 Å². The summed E-state index contributed by atoms with van der Waals surface area (Å²) in [4.78, 5) is 11.8. The number of anilines is 2. The minimum Gasteiger partial charge on any atom is -0.308 e. The largest absolute Gasteiger partial charge is 0.417 e. The summed E-state index contributed by atoms with van der Waals surface area (Å²) in [6, 6.07) is 3.03. The number of nitrogens with one attached hydrogen (secondary N) is 2. The van der Waals surface area contributed by atoms with Crippen molar-refractivity contribution in [1.29, 1.82) is 0 Å². The molecule has 0 bridgehead atoms. The van der Waals surface area contributed by atoms with Crippen molar-refractivity contribution in [2.45, 2.75) is 6.18 Å². The molecule has 3 nitrogen and oxygen atoms in total. The zero-order valence-corrected chi connectivity index (χ0v) is 13.0.